The summed E-state index contributed by atoms with van der Waals surface area (Å²) in [5.41, 5.74) is 3.00. The van der Waals surface area contributed by atoms with Crippen molar-refractivity contribution in [3.05, 3.63) is 59.6 Å². The minimum atomic E-state index is -0.218. The SMILES string of the molecule is C=CCn1c(SCC(=O)Nc2c(C#N)c(C)c(C)n2-c2ccc(OC)cc2)nnc1C1CC1. The molecule has 0 aliphatic heterocycles. The van der Waals surface area contributed by atoms with Crippen molar-refractivity contribution in [1.82, 2.24) is 19.3 Å². The zero-order valence-corrected chi connectivity index (χ0v) is 19.8. The van der Waals surface area contributed by atoms with Gasteiger partial charge in [0, 0.05) is 23.8 Å². The highest BCUT2D eigenvalue weighted by Crippen LogP contribution is 2.40. The Kier molecular flexibility index (Phi) is 6.56. The third-order valence-corrected chi connectivity index (χ3v) is 6.71. The lowest BCUT2D eigenvalue weighted by molar-refractivity contribution is -0.113. The van der Waals surface area contributed by atoms with Crippen molar-refractivity contribution in [1.29, 1.82) is 5.26 Å². The van der Waals surface area contributed by atoms with Crippen molar-refractivity contribution < 1.29 is 9.53 Å². The van der Waals surface area contributed by atoms with Gasteiger partial charge in [0.05, 0.1) is 18.4 Å². The first kappa shape index (κ1) is 22.7. The summed E-state index contributed by atoms with van der Waals surface area (Å²) >= 11 is 1.33. The lowest BCUT2D eigenvalue weighted by atomic mass is 10.2. The Bertz CT molecular complexity index is 1230. The van der Waals surface area contributed by atoms with Crippen LogP contribution < -0.4 is 10.1 Å². The highest BCUT2D eigenvalue weighted by atomic mass is 32.2. The second-order valence-electron chi connectivity index (χ2n) is 7.93. The van der Waals surface area contributed by atoms with Gasteiger partial charge >= 0.3 is 0 Å². The number of nitrogens with zero attached hydrogens (tertiary/aromatic N) is 5. The average Bonchev–Trinajstić information content (AvgIpc) is 3.54. The van der Waals surface area contributed by atoms with Crippen LogP contribution in [0.15, 0.2) is 42.1 Å². The lowest BCUT2D eigenvalue weighted by Crippen LogP contribution is -2.18. The summed E-state index contributed by atoms with van der Waals surface area (Å²) in [6.45, 7) is 8.25. The number of rotatable bonds is 9. The largest absolute Gasteiger partial charge is 0.497 e. The Morgan fingerprint density at radius 2 is 2.06 bits per heavy atom. The van der Waals surface area contributed by atoms with E-state index < -0.39 is 0 Å². The number of amides is 1. The molecule has 170 valence electrons. The van der Waals surface area contributed by atoms with Crippen LogP contribution in [0.1, 0.15) is 41.4 Å². The zero-order valence-electron chi connectivity index (χ0n) is 19.0. The molecule has 0 bridgehead atoms. The van der Waals surface area contributed by atoms with Gasteiger partial charge in [-0.25, -0.2) is 0 Å². The molecule has 0 atom stereocenters. The number of carbonyl (C=O) groups is 1. The number of hydrogen-bond acceptors (Lipinski definition) is 6. The third kappa shape index (κ3) is 4.52. The molecule has 3 aromatic rings. The average molecular weight is 463 g/mol. The molecule has 1 amide bonds. The molecule has 1 aliphatic carbocycles. The smallest absolute Gasteiger partial charge is 0.236 e. The minimum Gasteiger partial charge on any atom is -0.497 e. The molecule has 0 spiro atoms. The van der Waals surface area contributed by atoms with Gasteiger partial charge in [0.1, 0.15) is 23.5 Å². The molecular formula is C24H26N6O2S. The Hall–Kier alpha value is -3.51. The van der Waals surface area contributed by atoms with Crippen molar-refractivity contribution in [3.8, 4) is 17.5 Å². The molecule has 2 heterocycles. The summed E-state index contributed by atoms with van der Waals surface area (Å²) in [6.07, 6.45) is 4.06. The molecule has 2 aromatic heterocycles. The molecule has 1 fully saturated rings. The zero-order chi connectivity index (χ0) is 23.5. The standard InChI is InChI=1S/C24H26N6O2S/c1-5-12-29-22(17-6-7-17)27-28-24(29)33-14-21(31)26-23-20(13-25)15(2)16(3)30(23)18-8-10-19(32-4)11-9-18/h5,8-11,17H,1,6-7,12,14H2,2-4H3,(H,26,31). The van der Waals surface area contributed by atoms with E-state index in [0.717, 1.165) is 41.4 Å². The number of hydrogen-bond donors (Lipinski definition) is 1. The van der Waals surface area contributed by atoms with Gasteiger partial charge in [-0.05, 0) is 56.5 Å². The molecule has 1 saturated carbocycles. The molecule has 4 rings (SSSR count). The van der Waals surface area contributed by atoms with Gasteiger partial charge in [-0.1, -0.05) is 17.8 Å². The molecule has 8 nitrogen and oxygen atoms in total. The van der Waals surface area contributed by atoms with Crippen LogP contribution in [0.25, 0.3) is 5.69 Å². The van der Waals surface area contributed by atoms with Gasteiger partial charge in [-0.15, -0.1) is 16.8 Å². The predicted octanol–water partition coefficient (Wildman–Crippen LogP) is 4.36. The van der Waals surface area contributed by atoms with Crippen molar-refractivity contribution >= 4 is 23.5 Å². The van der Waals surface area contributed by atoms with Gasteiger partial charge in [0.25, 0.3) is 0 Å². The Morgan fingerprint density at radius 1 is 1.33 bits per heavy atom. The van der Waals surface area contributed by atoms with Crippen LogP contribution in [0.4, 0.5) is 5.82 Å². The first-order chi connectivity index (χ1) is 16.0. The number of ether oxygens (including phenoxy) is 1. The Balaban J connectivity index is 1.56. The summed E-state index contributed by atoms with van der Waals surface area (Å²) in [5.74, 6) is 2.55. The molecule has 33 heavy (non-hydrogen) atoms. The van der Waals surface area contributed by atoms with Gasteiger partial charge < -0.3 is 14.6 Å². The number of carbonyl (C=O) groups excluding carboxylic acids is 1. The summed E-state index contributed by atoms with van der Waals surface area (Å²) in [6, 6.07) is 9.73. The number of nitrogens with one attached hydrogen (secondary N) is 1. The van der Waals surface area contributed by atoms with Gasteiger partial charge in [0.2, 0.25) is 5.91 Å². The van der Waals surface area contributed by atoms with E-state index in [-0.39, 0.29) is 11.7 Å². The monoisotopic (exact) mass is 462 g/mol. The number of allylic oxidation sites excluding steroid dienone is 1. The fraction of sp³-hybridized carbons (Fsp3) is 0.333. The number of methoxy groups -OCH3 is 1. The first-order valence-electron chi connectivity index (χ1n) is 10.7. The quantitative estimate of drug-likeness (QED) is 0.375. The molecule has 1 N–H and O–H groups in total. The van der Waals surface area contributed by atoms with E-state index in [9.17, 15) is 10.1 Å². The fourth-order valence-corrected chi connectivity index (χ4v) is 4.52. The molecule has 0 saturated heterocycles. The van der Waals surface area contributed by atoms with Crippen molar-refractivity contribution in [2.24, 2.45) is 0 Å². The van der Waals surface area contributed by atoms with E-state index in [1.165, 1.54) is 11.8 Å². The summed E-state index contributed by atoms with van der Waals surface area (Å²) in [7, 11) is 1.61. The Morgan fingerprint density at radius 3 is 2.67 bits per heavy atom. The number of nitriles is 1. The molecular weight excluding hydrogens is 436 g/mol. The summed E-state index contributed by atoms with van der Waals surface area (Å²) < 4.78 is 9.16. The van der Waals surface area contributed by atoms with E-state index in [1.807, 2.05) is 53.3 Å². The van der Waals surface area contributed by atoms with Gasteiger partial charge in [-0.3, -0.25) is 9.36 Å². The van der Waals surface area contributed by atoms with E-state index in [2.05, 4.69) is 28.2 Å². The normalized spacial score (nSPS) is 12.9. The first-order valence-corrected chi connectivity index (χ1v) is 11.7. The van der Waals surface area contributed by atoms with Crippen LogP contribution >= 0.6 is 11.8 Å². The van der Waals surface area contributed by atoms with E-state index >= 15 is 0 Å². The van der Waals surface area contributed by atoms with Crippen LogP contribution in [-0.4, -0.2) is 38.1 Å². The molecule has 1 aromatic carbocycles. The minimum absolute atomic E-state index is 0.150. The van der Waals surface area contributed by atoms with Crippen LogP contribution in [0.2, 0.25) is 0 Å². The molecule has 1 aliphatic rings. The maximum atomic E-state index is 12.9. The molecule has 0 radical (unpaired) electrons. The topological polar surface area (TPSA) is 97.8 Å². The van der Waals surface area contributed by atoms with Gasteiger partial charge in [-0.2, -0.15) is 5.26 Å². The van der Waals surface area contributed by atoms with Gasteiger partial charge in [0.15, 0.2) is 5.16 Å². The van der Waals surface area contributed by atoms with Crippen LogP contribution in [0, 0.1) is 25.2 Å². The number of aromatic nitrogens is 4. The van der Waals surface area contributed by atoms with Crippen LogP contribution in [0.3, 0.4) is 0 Å². The predicted molar refractivity (Wildman–Crippen MR) is 128 cm³/mol. The second kappa shape index (κ2) is 9.55. The maximum absolute atomic E-state index is 12.9. The number of thioether (sulfide) groups is 1. The summed E-state index contributed by atoms with van der Waals surface area (Å²) in [5, 5.41) is 22.0. The van der Waals surface area contributed by atoms with Crippen molar-refractivity contribution in [2.75, 3.05) is 18.2 Å². The number of benzene rings is 1. The highest BCUT2D eigenvalue weighted by molar-refractivity contribution is 7.99. The Labute approximate surface area is 197 Å². The summed E-state index contributed by atoms with van der Waals surface area (Å²) in [4.78, 5) is 12.9. The third-order valence-electron chi connectivity index (χ3n) is 5.75. The van der Waals surface area contributed by atoms with E-state index in [0.29, 0.717) is 29.0 Å². The van der Waals surface area contributed by atoms with E-state index in [1.54, 1.807) is 7.11 Å². The maximum Gasteiger partial charge on any atom is 0.236 e. The van der Waals surface area contributed by atoms with Crippen LogP contribution in [0.5, 0.6) is 5.75 Å². The lowest BCUT2D eigenvalue weighted by Gasteiger charge is -2.14. The molecule has 9 heteroatoms. The second-order valence-corrected chi connectivity index (χ2v) is 8.87. The van der Waals surface area contributed by atoms with Crippen LogP contribution in [-0.2, 0) is 11.3 Å². The number of anilines is 1. The van der Waals surface area contributed by atoms with Crippen molar-refractivity contribution in [3.63, 3.8) is 0 Å². The molecule has 0 unspecified atom stereocenters. The van der Waals surface area contributed by atoms with E-state index in [4.69, 9.17) is 4.74 Å². The fourth-order valence-electron chi connectivity index (χ4n) is 3.76. The van der Waals surface area contributed by atoms with Crippen molar-refractivity contribution in [2.45, 2.75) is 44.3 Å². The highest BCUT2D eigenvalue weighted by Gasteiger charge is 2.30.